The van der Waals surface area contributed by atoms with Gasteiger partial charge in [0.1, 0.15) is 28.7 Å². The summed E-state index contributed by atoms with van der Waals surface area (Å²) in [5.41, 5.74) is -0.495. The minimum Gasteiger partial charge on any atom is -0.485 e. The number of nitrogens with zero attached hydrogens (tertiary/aromatic N) is 1. The molecular formula is C24H19FN2O4S. The average molecular weight is 450 g/mol. The van der Waals surface area contributed by atoms with Crippen LogP contribution in [0, 0.1) is 5.82 Å². The molecule has 8 heteroatoms. The van der Waals surface area contributed by atoms with E-state index in [4.69, 9.17) is 4.74 Å². The first-order chi connectivity index (χ1) is 15.5. The number of carboxylic acid groups (broad SMARTS) is 1. The van der Waals surface area contributed by atoms with E-state index in [9.17, 15) is 19.1 Å². The van der Waals surface area contributed by atoms with Crippen molar-refractivity contribution in [3.8, 4) is 5.75 Å². The summed E-state index contributed by atoms with van der Waals surface area (Å²) >= 11 is 1.48. The fraction of sp³-hybridized carbons (Fsp3) is 0.208. The van der Waals surface area contributed by atoms with Crippen LogP contribution in [-0.2, 0) is 11.4 Å². The Morgan fingerprint density at radius 1 is 1.12 bits per heavy atom. The highest BCUT2D eigenvalue weighted by Gasteiger charge is 2.46. The first-order valence-electron chi connectivity index (χ1n) is 10.2. The zero-order valence-corrected chi connectivity index (χ0v) is 17.7. The lowest BCUT2D eigenvalue weighted by atomic mass is 9.76. The van der Waals surface area contributed by atoms with Crippen LogP contribution >= 0.6 is 11.3 Å². The van der Waals surface area contributed by atoms with Crippen LogP contribution in [0.3, 0.4) is 0 Å². The van der Waals surface area contributed by atoms with Crippen LogP contribution in [0.15, 0.2) is 54.6 Å². The van der Waals surface area contributed by atoms with Crippen LogP contribution in [0.2, 0.25) is 0 Å². The maximum Gasteiger partial charge on any atom is 0.329 e. The van der Waals surface area contributed by atoms with Gasteiger partial charge in [0.25, 0.3) is 5.91 Å². The quantitative estimate of drug-likeness (QED) is 0.436. The topological polar surface area (TPSA) is 88.5 Å². The number of aliphatic carboxylic acids is 1. The first kappa shape index (κ1) is 20.4. The molecule has 0 aliphatic heterocycles. The van der Waals surface area contributed by atoms with Gasteiger partial charge in [-0.2, -0.15) is 0 Å². The molecule has 1 saturated carbocycles. The Labute approximate surface area is 186 Å². The second-order valence-corrected chi connectivity index (χ2v) is 8.95. The van der Waals surface area contributed by atoms with Gasteiger partial charge in [0.05, 0.1) is 15.8 Å². The monoisotopic (exact) mass is 450 g/mol. The molecule has 6 nitrogen and oxygen atoms in total. The van der Waals surface area contributed by atoms with E-state index in [1.54, 1.807) is 24.3 Å². The third kappa shape index (κ3) is 3.46. The summed E-state index contributed by atoms with van der Waals surface area (Å²) in [5.74, 6) is -2.12. The van der Waals surface area contributed by atoms with Crippen molar-refractivity contribution in [3.05, 3.63) is 71.0 Å². The molecule has 0 saturated heterocycles. The van der Waals surface area contributed by atoms with Gasteiger partial charge in [0.2, 0.25) is 0 Å². The third-order valence-electron chi connectivity index (χ3n) is 5.84. The molecule has 1 aromatic heterocycles. The number of rotatable bonds is 6. The Balaban J connectivity index is 1.52. The molecule has 5 rings (SSSR count). The van der Waals surface area contributed by atoms with Gasteiger partial charge in [-0.05, 0) is 37.5 Å². The van der Waals surface area contributed by atoms with Crippen LogP contribution < -0.4 is 10.1 Å². The zero-order chi connectivity index (χ0) is 22.3. The van der Waals surface area contributed by atoms with Crippen LogP contribution in [0.25, 0.3) is 21.0 Å². The number of carbonyl (C=O) groups is 2. The molecule has 162 valence electrons. The molecule has 0 atom stereocenters. The number of hydrogen-bond acceptors (Lipinski definition) is 5. The van der Waals surface area contributed by atoms with Gasteiger partial charge in [-0.1, -0.05) is 36.4 Å². The lowest BCUT2D eigenvalue weighted by Crippen LogP contribution is -2.59. The van der Waals surface area contributed by atoms with Crippen molar-refractivity contribution in [2.75, 3.05) is 0 Å². The Kier molecular flexibility index (Phi) is 5.01. The standard InChI is InChI=1S/C24H19FN2O4S/c25-17-12-16(22(28)27-24(23(29)30)10-5-11-24)21(15-7-2-1-6-14(15)17)31-13-20-26-18-8-3-4-9-19(18)32-20/h1-4,6-9,12H,5,10-11,13H2,(H,27,28)(H,29,30). The second kappa shape index (κ2) is 7.87. The number of fused-ring (bicyclic) bond motifs is 2. The van der Waals surface area contributed by atoms with Crippen molar-refractivity contribution in [2.45, 2.75) is 31.4 Å². The van der Waals surface area contributed by atoms with E-state index >= 15 is 0 Å². The number of benzene rings is 3. The van der Waals surface area contributed by atoms with Crippen molar-refractivity contribution >= 4 is 44.2 Å². The van der Waals surface area contributed by atoms with Crippen LogP contribution in [0.4, 0.5) is 4.39 Å². The van der Waals surface area contributed by atoms with Crippen LogP contribution in [0.1, 0.15) is 34.6 Å². The molecule has 4 aromatic rings. The molecule has 1 heterocycles. The maximum absolute atomic E-state index is 14.8. The minimum atomic E-state index is -1.32. The molecule has 1 amide bonds. The Hall–Kier alpha value is -3.52. The lowest BCUT2D eigenvalue weighted by Gasteiger charge is -2.38. The van der Waals surface area contributed by atoms with Gasteiger partial charge in [-0.15, -0.1) is 11.3 Å². The second-order valence-electron chi connectivity index (χ2n) is 7.84. The highest BCUT2D eigenvalue weighted by molar-refractivity contribution is 7.18. The first-order valence-corrected chi connectivity index (χ1v) is 11.0. The molecule has 32 heavy (non-hydrogen) atoms. The highest BCUT2D eigenvalue weighted by Crippen LogP contribution is 2.36. The third-order valence-corrected chi connectivity index (χ3v) is 6.85. The molecule has 0 spiro atoms. The molecule has 2 N–H and O–H groups in total. The number of halogens is 1. The van der Waals surface area contributed by atoms with E-state index in [0.717, 1.165) is 16.3 Å². The number of amides is 1. The number of thiazole rings is 1. The lowest BCUT2D eigenvalue weighted by molar-refractivity contribution is -0.148. The van der Waals surface area contributed by atoms with E-state index in [1.165, 1.54) is 11.3 Å². The summed E-state index contributed by atoms with van der Waals surface area (Å²) in [7, 11) is 0. The van der Waals surface area contributed by atoms with Gasteiger partial charge >= 0.3 is 5.97 Å². The van der Waals surface area contributed by atoms with Gasteiger partial charge in [0.15, 0.2) is 0 Å². The van der Waals surface area contributed by atoms with Crippen LogP contribution in [0.5, 0.6) is 5.75 Å². The van der Waals surface area contributed by atoms with Crippen LogP contribution in [-0.4, -0.2) is 27.5 Å². The summed E-state index contributed by atoms with van der Waals surface area (Å²) in [4.78, 5) is 29.3. The number of aromatic nitrogens is 1. The molecule has 1 fully saturated rings. The molecule has 0 radical (unpaired) electrons. The number of para-hydroxylation sites is 1. The molecule has 3 aromatic carbocycles. The SMILES string of the molecule is O=C(NC1(C(=O)O)CCC1)c1cc(F)c2ccccc2c1OCc1nc2ccccc2s1. The van der Waals surface area contributed by atoms with E-state index in [0.29, 0.717) is 35.0 Å². The number of nitrogens with one attached hydrogen (secondary N) is 1. The molecular weight excluding hydrogens is 431 g/mol. The number of ether oxygens (including phenoxy) is 1. The fourth-order valence-corrected chi connectivity index (χ4v) is 4.83. The van der Waals surface area contributed by atoms with Crippen molar-refractivity contribution in [1.82, 2.24) is 10.3 Å². The average Bonchev–Trinajstić information content (AvgIpc) is 3.18. The Bertz CT molecular complexity index is 1330. The number of hydrogen-bond donors (Lipinski definition) is 2. The predicted molar refractivity (Wildman–Crippen MR) is 120 cm³/mol. The zero-order valence-electron chi connectivity index (χ0n) is 16.9. The minimum absolute atomic E-state index is 0.0326. The van der Waals surface area contributed by atoms with E-state index in [1.807, 2.05) is 24.3 Å². The van der Waals surface area contributed by atoms with Crippen molar-refractivity contribution < 1.29 is 23.8 Å². The number of carbonyl (C=O) groups excluding carboxylic acids is 1. The summed E-state index contributed by atoms with van der Waals surface area (Å²) in [6, 6.07) is 15.6. The number of carboxylic acids is 1. The summed E-state index contributed by atoms with van der Waals surface area (Å²) in [6.07, 6.45) is 1.39. The summed E-state index contributed by atoms with van der Waals surface area (Å²) in [6.45, 7) is 0.0966. The van der Waals surface area contributed by atoms with Gasteiger partial charge < -0.3 is 15.2 Å². The van der Waals surface area contributed by atoms with E-state index < -0.39 is 23.2 Å². The predicted octanol–water partition coefficient (Wildman–Crippen LogP) is 4.90. The molecule has 0 bridgehead atoms. The van der Waals surface area contributed by atoms with E-state index in [-0.39, 0.29) is 17.9 Å². The highest BCUT2D eigenvalue weighted by atomic mass is 32.1. The maximum atomic E-state index is 14.8. The van der Waals surface area contributed by atoms with Gasteiger partial charge in [-0.3, -0.25) is 4.79 Å². The van der Waals surface area contributed by atoms with Gasteiger partial charge in [0, 0.05) is 10.8 Å². The van der Waals surface area contributed by atoms with Crippen molar-refractivity contribution in [3.63, 3.8) is 0 Å². The Morgan fingerprint density at radius 3 is 2.53 bits per heavy atom. The molecule has 0 unspecified atom stereocenters. The van der Waals surface area contributed by atoms with Crippen molar-refractivity contribution in [2.24, 2.45) is 0 Å². The van der Waals surface area contributed by atoms with Crippen molar-refractivity contribution in [1.29, 1.82) is 0 Å². The molecule has 1 aliphatic carbocycles. The largest absolute Gasteiger partial charge is 0.485 e. The smallest absolute Gasteiger partial charge is 0.329 e. The summed E-state index contributed by atoms with van der Waals surface area (Å²) in [5, 5.41) is 13.6. The molecule has 1 aliphatic rings. The summed E-state index contributed by atoms with van der Waals surface area (Å²) < 4.78 is 21.9. The normalized spacial score (nSPS) is 14.8. The van der Waals surface area contributed by atoms with Gasteiger partial charge in [-0.25, -0.2) is 14.2 Å². The Morgan fingerprint density at radius 2 is 1.84 bits per heavy atom. The van der Waals surface area contributed by atoms with E-state index in [2.05, 4.69) is 10.3 Å². The fourth-order valence-electron chi connectivity index (χ4n) is 3.95.